The van der Waals surface area contributed by atoms with Gasteiger partial charge in [0.2, 0.25) is 0 Å². The van der Waals surface area contributed by atoms with Gasteiger partial charge in [0.25, 0.3) is 0 Å². The number of esters is 1. The molecule has 0 heterocycles. The van der Waals surface area contributed by atoms with E-state index < -0.39 is 5.41 Å². The number of carbonyl (C=O) groups excluding carboxylic acids is 2. The summed E-state index contributed by atoms with van der Waals surface area (Å²) in [5, 5.41) is 0. The van der Waals surface area contributed by atoms with Gasteiger partial charge in [-0.15, -0.1) is 6.58 Å². The van der Waals surface area contributed by atoms with Gasteiger partial charge in [-0.2, -0.15) is 0 Å². The minimum absolute atomic E-state index is 0.0584. The summed E-state index contributed by atoms with van der Waals surface area (Å²) in [6.07, 6.45) is 9.39. The largest absolute Gasteiger partial charge is 0.469 e. The molecule has 0 radical (unpaired) electrons. The van der Waals surface area contributed by atoms with E-state index in [4.69, 9.17) is 4.74 Å². The molecule has 3 aliphatic carbocycles. The van der Waals surface area contributed by atoms with E-state index in [-0.39, 0.29) is 28.1 Å². The summed E-state index contributed by atoms with van der Waals surface area (Å²) in [7, 11) is 1.49. The van der Waals surface area contributed by atoms with E-state index in [0.717, 1.165) is 44.9 Å². The number of allylic oxidation sites excluding steroid dienone is 1. The third-order valence-corrected chi connectivity index (χ3v) is 8.25. The second kappa shape index (κ2) is 5.44. The molecule has 0 aliphatic heterocycles. The van der Waals surface area contributed by atoms with Crippen LogP contribution in [0.3, 0.4) is 0 Å². The molecule has 134 valence electrons. The van der Waals surface area contributed by atoms with Crippen LogP contribution in [0.5, 0.6) is 0 Å². The maximum Gasteiger partial charge on any atom is 0.311 e. The van der Waals surface area contributed by atoms with Crippen molar-refractivity contribution in [2.75, 3.05) is 7.11 Å². The van der Waals surface area contributed by atoms with Crippen LogP contribution in [0.1, 0.15) is 72.1 Å². The Bertz CT molecular complexity index is 582. The van der Waals surface area contributed by atoms with Crippen LogP contribution in [0.4, 0.5) is 0 Å². The molecule has 0 N–H and O–H groups in total. The normalized spacial score (nSPS) is 48.2. The topological polar surface area (TPSA) is 43.4 Å². The minimum atomic E-state index is -0.440. The molecule has 1 spiro atoms. The van der Waals surface area contributed by atoms with E-state index in [1.807, 2.05) is 6.08 Å². The van der Waals surface area contributed by atoms with Crippen molar-refractivity contribution in [1.82, 2.24) is 0 Å². The summed E-state index contributed by atoms with van der Waals surface area (Å²) >= 11 is 0. The predicted molar refractivity (Wildman–Crippen MR) is 94.4 cm³/mol. The molecule has 0 aromatic carbocycles. The molecule has 0 unspecified atom stereocenters. The van der Waals surface area contributed by atoms with Gasteiger partial charge in [-0.05, 0) is 62.2 Å². The lowest BCUT2D eigenvalue weighted by Crippen LogP contribution is -2.55. The first kappa shape index (κ1) is 17.7. The fourth-order valence-corrected chi connectivity index (χ4v) is 6.54. The molecular formula is C21H32O3. The van der Waals surface area contributed by atoms with Gasteiger partial charge in [0.05, 0.1) is 12.5 Å². The molecule has 3 heteroatoms. The molecule has 0 bridgehead atoms. The highest BCUT2D eigenvalue weighted by molar-refractivity contribution is 5.88. The first-order valence-corrected chi connectivity index (χ1v) is 9.43. The lowest BCUT2D eigenvalue weighted by molar-refractivity contribution is -0.169. The van der Waals surface area contributed by atoms with Crippen molar-refractivity contribution in [3.63, 3.8) is 0 Å². The van der Waals surface area contributed by atoms with E-state index in [2.05, 4.69) is 27.4 Å². The Morgan fingerprint density at radius 3 is 2.46 bits per heavy atom. The molecule has 3 fully saturated rings. The van der Waals surface area contributed by atoms with E-state index in [0.29, 0.717) is 12.2 Å². The van der Waals surface area contributed by atoms with Crippen LogP contribution in [0.2, 0.25) is 0 Å². The minimum Gasteiger partial charge on any atom is -0.469 e. The van der Waals surface area contributed by atoms with Crippen molar-refractivity contribution >= 4 is 11.8 Å². The number of carbonyl (C=O) groups is 2. The summed E-state index contributed by atoms with van der Waals surface area (Å²) in [5.74, 6) is 0.577. The fraction of sp³-hybridized carbons (Fsp3) is 0.810. The summed E-state index contributed by atoms with van der Waals surface area (Å²) in [6.45, 7) is 10.5. The van der Waals surface area contributed by atoms with Crippen LogP contribution in [0.15, 0.2) is 12.7 Å². The Morgan fingerprint density at radius 2 is 1.88 bits per heavy atom. The van der Waals surface area contributed by atoms with Crippen molar-refractivity contribution in [1.29, 1.82) is 0 Å². The lowest BCUT2D eigenvalue weighted by Gasteiger charge is -2.56. The van der Waals surface area contributed by atoms with Crippen molar-refractivity contribution in [2.24, 2.45) is 27.6 Å². The second-order valence-electron chi connectivity index (χ2n) is 9.31. The quantitative estimate of drug-likeness (QED) is 0.544. The average molecular weight is 332 g/mol. The molecule has 5 atom stereocenters. The highest BCUT2D eigenvalue weighted by atomic mass is 16.5. The van der Waals surface area contributed by atoms with E-state index in [1.165, 1.54) is 7.11 Å². The zero-order chi connectivity index (χ0) is 17.8. The van der Waals surface area contributed by atoms with Gasteiger partial charge in [-0.25, -0.2) is 0 Å². The Kier molecular flexibility index (Phi) is 4.01. The zero-order valence-corrected chi connectivity index (χ0v) is 15.7. The van der Waals surface area contributed by atoms with Crippen LogP contribution in [-0.4, -0.2) is 18.9 Å². The van der Waals surface area contributed by atoms with E-state index in [1.54, 1.807) is 0 Å². The molecule has 0 aromatic heterocycles. The van der Waals surface area contributed by atoms with Gasteiger partial charge in [-0.1, -0.05) is 26.3 Å². The van der Waals surface area contributed by atoms with Gasteiger partial charge in [-0.3, -0.25) is 9.59 Å². The maximum absolute atomic E-state index is 13.3. The van der Waals surface area contributed by atoms with Crippen LogP contribution >= 0.6 is 0 Å². The Morgan fingerprint density at radius 1 is 1.17 bits per heavy atom. The van der Waals surface area contributed by atoms with Crippen LogP contribution in [-0.2, 0) is 14.3 Å². The van der Waals surface area contributed by atoms with Gasteiger partial charge in [0, 0.05) is 11.8 Å². The summed E-state index contributed by atoms with van der Waals surface area (Å²) in [5.41, 5.74) is -0.814. The SMILES string of the molecule is C=C[C@@]1(C)CC[C@@]2(CC[C@H]3[C@](C)(C(=O)OC)CCC[C@@]32C)C(=O)C1. The number of hydrogen-bond donors (Lipinski definition) is 0. The smallest absolute Gasteiger partial charge is 0.311 e. The first-order chi connectivity index (χ1) is 11.2. The zero-order valence-electron chi connectivity index (χ0n) is 15.7. The summed E-state index contributed by atoms with van der Waals surface area (Å²) in [6, 6.07) is 0. The van der Waals surface area contributed by atoms with Crippen molar-refractivity contribution < 1.29 is 14.3 Å². The molecule has 3 aliphatic rings. The number of ketones is 1. The van der Waals surface area contributed by atoms with Crippen LogP contribution < -0.4 is 0 Å². The van der Waals surface area contributed by atoms with Gasteiger partial charge >= 0.3 is 5.97 Å². The molecule has 0 aromatic rings. The Hall–Kier alpha value is -1.12. The number of ether oxygens (including phenoxy) is 1. The van der Waals surface area contributed by atoms with Crippen molar-refractivity contribution in [2.45, 2.75) is 72.1 Å². The first-order valence-electron chi connectivity index (χ1n) is 9.43. The van der Waals surface area contributed by atoms with Crippen molar-refractivity contribution in [3.05, 3.63) is 12.7 Å². The molecule has 3 nitrogen and oxygen atoms in total. The van der Waals surface area contributed by atoms with Gasteiger partial charge in [0.15, 0.2) is 0 Å². The fourth-order valence-electron chi connectivity index (χ4n) is 6.54. The molecule has 3 saturated carbocycles. The van der Waals surface area contributed by atoms with E-state index >= 15 is 0 Å². The van der Waals surface area contributed by atoms with Crippen LogP contribution in [0.25, 0.3) is 0 Å². The highest BCUT2D eigenvalue weighted by Crippen LogP contribution is 2.70. The molecule has 24 heavy (non-hydrogen) atoms. The number of fused-ring (bicyclic) bond motifs is 2. The second-order valence-corrected chi connectivity index (χ2v) is 9.31. The van der Waals surface area contributed by atoms with Crippen LogP contribution in [0, 0.1) is 27.6 Å². The maximum atomic E-state index is 13.3. The highest BCUT2D eigenvalue weighted by Gasteiger charge is 2.68. The molecule has 0 saturated heterocycles. The standard InChI is InChI=1S/C21H32O3/c1-6-18(2)12-13-21(16(22)14-18)11-8-15-19(3,17(23)24-5)9-7-10-20(15,21)4/h6,15H,1,7-14H2,2-5H3/t15-,18-,19+,20-,21-/m0/s1. The third kappa shape index (κ3) is 2.09. The van der Waals surface area contributed by atoms with Gasteiger partial charge < -0.3 is 4.74 Å². The molecule has 0 amide bonds. The lowest BCUT2D eigenvalue weighted by atomic mass is 9.47. The number of hydrogen-bond acceptors (Lipinski definition) is 3. The number of rotatable bonds is 2. The van der Waals surface area contributed by atoms with Crippen molar-refractivity contribution in [3.8, 4) is 0 Å². The number of methoxy groups -OCH3 is 1. The third-order valence-electron chi connectivity index (χ3n) is 8.25. The summed E-state index contributed by atoms with van der Waals surface area (Å²) in [4.78, 5) is 25.9. The Labute approximate surface area is 146 Å². The monoisotopic (exact) mass is 332 g/mol. The van der Waals surface area contributed by atoms with Gasteiger partial charge in [0.1, 0.15) is 5.78 Å². The number of Topliss-reactive ketones (excluding diaryl/α,β-unsaturated/α-hetero) is 1. The Balaban J connectivity index is 1.98. The van der Waals surface area contributed by atoms with E-state index in [9.17, 15) is 9.59 Å². The summed E-state index contributed by atoms with van der Waals surface area (Å²) < 4.78 is 5.16. The molecule has 3 rings (SSSR count). The molecular weight excluding hydrogens is 300 g/mol. The predicted octanol–water partition coefficient (Wildman–Crippen LogP) is 4.70. The average Bonchev–Trinajstić information content (AvgIpc) is 2.86.